The lowest BCUT2D eigenvalue weighted by atomic mass is 10.0. The number of hydrogen-bond donors (Lipinski definition) is 0. The average Bonchev–Trinajstić information content (AvgIpc) is 2.12. The normalized spacial score (nSPS) is 25.1. The fraction of sp³-hybridized carbons (Fsp3) is 0.909. The number of nitrogens with zero attached hydrogens (tertiary/aromatic N) is 1. The van der Waals surface area contributed by atoms with Crippen LogP contribution in [0.3, 0.4) is 0 Å². The van der Waals surface area contributed by atoms with E-state index in [1.807, 2.05) is 13.8 Å². The lowest BCUT2D eigenvalue weighted by molar-refractivity contribution is -0.153. The molecule has 1 aliphatic heterocycles. The van der Waals surface area contributed by atoms with Crippen molar-refractivity contribution in [3.8, 4) is 0 Å². The van der Waals surface area contributed by atoms with E-state index in [0.29, 0.717) is 12.3 Å². The van der Waals surface area contributed by atoms with Crippen molar-refractivity contribution >= 4 is 27.8 Å². The Labute approximate surface area is 113 Å². The number of ether oxygens (including phenoxy) is 1. The Balaban J connectivity index is 3.07. The molecular formula is C11H21NO4S2. The third kappa shape index (κ3) is 3.61. The second-order valence-corrected chi connectivity index (χ2v) is 8.90. The summed E-state index contributed by atoms with van der Waals surface area (Å²) in [5, 5.41) is 0. The minimum absolute atomic E-state index is 0.248. The quantitative estimate of drug-likeness (QED) is 0.729. The molecule has 18 heavy (non-hydrogen) atoms. The molecule has 0 aliphatic carbocycles. The summed E-state index contributed by atoms with van der Waals surface area (Å²) in [6.07, 6.45) is 0.885. The monoisotopic (exact) mass is 295 g/mol. The number of thioether (sulfide) groups is 1. The summed E-state index contributed by atoms with van der Waals surface area (Å²) >= 11 is 1.60. The second kappa shape index (κ2) is 5.38. The van der Waals surface area contributed by atoms with Crippen molar-refractivity contribution in [1.82, 2.24) is 4.31 Å². The maximum Gasteiger partial charge on any atom is 0.326 e. The van der Waals surface area contributed by atoms with Gasteiger partial charge in [0.15, 0.2) is 0 Å². The summed E-state index contributed by atoms with van der Waals surface area (Å²) in [5.41, 5.74) is 0. The van der Waals surface area contributed by atoms with Crippen LogP contribution >= 0.6 is 11.8 Å². The summed E-state index contributed by atoms with van der Waals surface area (Å²) in [7, 11) is -3.41. The van der Waals surface area contributed by atoms with Crippen LogP contribution in [0.5, 0.6) is 0 Å². The van der Waals surface area contributed by atoms with Crippen LogP contribution in [0.1, 0.15) is 27.7 Å². The topological polar surface area (TPSA) is 63.7 Å². The van der Waals surface area contributed by atoms with E-state index in [1.165, 1.54) is 4.31 Å². The Morgan fingerprint density at radius 1 is 1.44 bits per heavy atom. The van der Waals surface area contributed by atoms with Crippen LogP contribution in [-0.4, -0.2) is 54.1 Å². The highest BCUT2D eigenvalue weighted by atomic mass is 32.2. The molecule has 0 bridgehead atoms. The van der Waals surface area contributed by atoms with Gasteiger partial charge in [-0.1, -0.05) is 0 Å². The highest BCUT2D eigenvalue weighted by Crippen LogP contribution is 2.37. The van der Waals surface area contributed by atoms with Gasteiger partial charge in [0.25, 0.3) is 0 Å². The first-order valence-electron chi connectivity index (χ1n) is 5.87. The van der Waals surface area contributed by atoms with Crippen molar-refractivity contribution < 1.29 is 17.9 Å². The first kappa shape index (κ1) is 15.8. The van der Waals surface area contributed by atoms with Crippen molar-refractivity contribution in [2.45, 2.75) is 44.6 Å². The Morgan fingerprint density at radius 2 is 2.00 bits per heavy atom. The first-order valence-corrected chi connectivity index (χ1v) is 8.70. The van der Waals surface area contributed by atoms with E-state index < -0.39 is 26.8 Å². The van der Waals surface area contributed by atoms with Crippen molar-refractivity contribution in [3.63, 3.8) is 0 Å². The standard InChI is InChI=1S/C11H21NO4S2/c1-8(2)16-10(13)9-11(3,4)17-7-6-12(9)18(5,14)15/h8-9H,6-7H2,1-5H3. The zero-order chi connectivity index (χ0) is 14.1. The van der Waals surface area contributed by atoms with Crippen LogP contribution < -0.4 is 0 Å². The number of esters is 1. The van der Waals surface area contributed by atoms with Crippen LogP contribution in [0.4, 0.5) is 0 Å². The number of sulfonamides is 1. The van der Waals surface area contributed by atoms with Gasteiger partial charge in [-0.05, 0) is 27.7 Å². The zero-order valence-corrected chi connectivity index (χ0v) is 13.1. The molecule has 7 heteroatoms. The largest absolute Gasteiger partial charge is 0.462 e. The molecule has 1 fully saturated rings. The fourth-order valence-electron chi connectivity index (χ4n) is 2.01. The predicted molar refractivity (Wildman–Crippen MR) is 73.1 cm³/mol. The fourth-order valence-corrected chi connectivity index (χ4v) is 4.54. The summed E-state index contributed by atoms with van der Waals surface area (Å²) < 4.78 is 29.5. The minimum atomic E-state index is -3.41. The Bertz CT molecular complexity index is 417. The van der Waals surface area contributed by atoms with Gasteiger partial charge in [-0.15, -0.1) is 0 Å². The van der Waals surface area contributed by atoms with Crippen molar-refractivity contribution in [3.05, 3.63) is 0 Å². The van der Waals surface area contributed by atoms with E-state index in [0.717, 1.165) is 6.26 Å². The predicted octanol–water partition coefficient (Wildman–Crippen LogP) is 1.09. The summed E-state index contributed by atoms with van der Waals surface area (Å²) in [6, 6.07) is -0.756. The molecule has 0 aromatic rings. The van der Waals surface area contributed by atoms with Crippen LogP contribution in [0.2, 0.25) is 0 Å². The van der Waals surface area contributed by atoms with Crippen molar-refractivity contribution in [2.75, 3.05) is 18.6 Å². The van der Waals surface area contributed by atoms with Crippen LogP contribution in [-0.2, 0) is 19.6 Å². The molecule has 0 spiro atoms. The van der Waals surface area contributed by atoms with E-state index in [9.17, 15) is 13.2 Å². The van der Waals surface area contributed by atoms with Gasteiger partial charge in [0.2, 0.25) is 10.0 Å². The Kier molecular flexibility index (Phi) is 4.72. The summed E-state index contributed by atoms with van der Waals surface area (Å²) in [4.78, 5) is 12.1. The number of carbonyl (C=O) groups excluding carboxylic acids is 1. The summed E-state index contributed by atoms with van der Waals surface area (Å²) in [5.74, 6) is 0.221. The number of hydrogen-bond acceptors (Lipinski definition) is 5. The Morgan fingerprint density at radius 3 is 2.44 bits per heavy atom. The van der Waals surface area contributed by atoms with Gasteiger partial charge >= 0.3 is 5.97 Å². The Hall–Kier alpha value is -0.270. The molecule has 0 N–H and O–H groups in total. The van der Waals surface area contributed by atoms with Gasteiger partial charge in [0, 0.05) is 17.0 Å². The molecule has 1 atom stereocenters. The second-order valence-electron chi connectivity index (χ2n) is 5.21. The highest BCUT2D eigenvalue weighted by molar-refractivity contribution is 8.00. The van der Waals surface area contributed by atoms with Crippen molar-refractivity contribution in [1.29, 1.82) is 0 Å². The van der Waals surface area contributed by atoms with Gasteiger partial charge in [-0.2, -0.15) is 16.1 Å². The summed E-state index contributed by atoms with van der Waals surface area (Å²) in [6.45, 7) is 7.62. The molecule has 0 aromatic heterocycles. The molecule has 0 radical (unpaired) electrons. The average molecular weight is 295 g/mol. The maximum atomic E-state index is 12.1. The maximum absolute atomic E-state index is 12.1. The van der Waals surface area contributed by atoms with E-state index in [-0.39, 0.29) is 6.10 Å². The smallest absolute Gasteiger partial charge is 0.326 e. The van der Waals surface area contributed by atoms with Crippen molar-refractivity contribution in [2.24, 2.45) is 0 Å². The molecule has 0 saturated carbocycles. The molecule has 0 aromatic carbocycles. The zero-order valence-electron chi connectivity index (χ0n) is 11.5. The molecule has 1 saturated heterocycles. The van der Waals surface area contributed by atoms with Crippen LogP contribution in [0.15, 0.2) is 0 Å². The first-order chi connectivity index (χ1) is 8.05. The minimum Gasteiger partial charge on any atom is -0.462 e. The molecule has 1 aliphatic rings. The van der Waals surface area contributed by atoms with E-state index in [4.69, 9.17) is 4.74 Å². The van der Waals surface area contributed by atoms with E-state index in [2.05, 4.69) is 0 Å². The molecule has 1 unspecified atom stereocenters. The lowest BCUT2D eigenvalue weighted by Crippen LogP contribution is -2.59. The van der Waals surface area contributed by atoms with E-state index >= 15 is 0 Å². The van der Waals surface area contributed by atoms with Crippen LogP contribution in [0, 0.1) is 0 Å². The third-order valence-electron chi connectivity index (χ3n) is 2.73. The molecule has 1 heterocycles. The van der Waals surface area contributed by atoms with Gasteiger partial charge in [-0.25, -0.2) is 8.42 Å². The SMILES string of the molecule is CC(C)OC(=O)C1N(S(C)(=O)=O)CCSC1(C)C. The molecular weight excluding hydrogens is 274 g/mol. The van der Waals surface area contributed by atoms with Gasteiger partial charge in [0.1, 0.15) is 6.04 Å². The third-order valence-corrected chi connectivity index (χ3v) is 5.33. The molecule has 1 rings (SSSR count). The molecule has 0 amide bonds. The van der Waals surface area contributed by atoms with Crippen LogP contribution in [0.25, 0.3) is 0 Å². The number of rotatable bonds is 3. The van der Waals surface area contributed by atoms with Gasteiger partial charge in [0.05, 0.1) is 12.4 Å². The van der Waals surface area contributed by atoms with E-state index in [1.54, 1.807) is 25.6 Å². The lowest BCUT2D eigenvalue weighted by Gasteiger charge is -2.42. The number of carbonyl (C=O) groups is 1. The molecule has 5 nitrogen and oxygen atoms in total. The molecule has 106 valence electrons. The van der Waals surface area contributed by atoms with Gasteiger partial charge in [-0.3, -0.25) is 4.79 Å². The highest BCUT2D eigenvalue weighted by Gasteiger charge is 2.47. The van der Waals surface area contributed by atoms with Gasteiger partial charge < -0.3 is 4.74 Å².